The van der Waals surface area contributed by atoms with Crippen molar-refractivity contribution in [2.45, 2.75) is 64.0 Å². The van der Waals surface area contributed by atoms with E-state index in [1.807, 2.05) is 32.2 Å². The number of hydrogen-bond acceptors (Lipinski definition) is 7. The van der Waals surface area contributed by atoms with Gasteiger partial charge in [0.2, 0.25) is 0 Å². The molecule has 7 nitrogen and oxygen atoms in total. The van der Waals surface area contributed by atoms with Gasteiger partial charge in [-0.25, -0.2) is 19.3 Å². The standard InChI is InChI=1S/C25H29FN6O.C2H6/c1-33-20-5-4-10-27-22(20)17-6-13-32(14-7-17)23-18-15-21(31-11-2-3-12-31)28-16-19(18)29-24(30-23)25(26)8-9-25;1-2/h4-5,10,15-17H,2-3,6-9,11-14H2,1H3;1-2H3. The first kappa shape index (κ1) is 23.7. The number of pyridine rings is 2. The van der Waals surface area contributed by atoms with Crippen LogP contribution in [0, 0.1) is 0 Å². The Morgan fingerprint density at radius 3 is 2.43 bits per heavy atom. The molecule has 0 amide bonds. The first-order valence-electron chi connectivity index (χ1n) is 13.0. The van der Waals surface area contributed by atoms with Gasteiger partial charge in [0.15, 0.2) is 11.5 Å². The van der Waals surface area contributed by atoms with Gasteiger partial charge in [0.1, 0.15) is 17.4 Å². The largest absolute Gasteiger partial charge is 0.495 e. The van der Waals surface area contributed by atoms with Crippen LogP contribution >= 0.6 is 0 Å². The van der Waals surface area contributed by atoms with Crippen LogP contribution in [-0.2, 0) is 5.67 Å². The molecule has 3 aromatic rings. The predicted molar refractivity (Wildman–Crippen MR) is 137 cm³/mol. The van der Waals surface area contributed by atoms with Crippen LogP contribution < -0.4 is 14.5 Å². The lowest BCUT2D eigenvalue weighted by molar-refractivity contribution is 0.301. The second-order valence-corrected chi connectivity index (χ2v) is 9.44. The van der Waals surface area contributed by atoms with Gasteiger partial charge in [-0.05, 0) is 56.7 Å². The molecule has 1 aliphatic carbocycles. The van der Waals surface area contributed by atoms with Gasteiger partial charge in [-0.3, -0.25) is 4.98 Å². The number of alkyl halides is 1. The number of methoxy groups -OCH3 is 1. The molecule has 5 heterocycles. The highest BCUT2D eigenvalue weighted by molar-refractivity contribution is 5.91. The maximum Gasteiger partial charge on any atom is 0.170 e. The predicted octanol–water partition coefficient (Wildman–Crippen LogP) is 5.40. The summed E-state index contributed by atoms with van der Waals surface area (Å²) in [5, 5.41) is 0.966. The van der Waals surface area contributed by atoms with Crippen LogP contribution in [0.4, 0.5) is 16.0 Å². The van der Waals surface area contributed by atoms with E-state index in [-0.39, 0.29) is 0 Å². The fraction of sp³-hybridized carbons (Fsp3) is 0.556. The summed E-state index contributed by atoms with van der Waals surface area (Å²) >= 11 is 0. The van der Waals surface area contributed by atoms with Crippen molar-refractivity contribution in [2.75, 3.05) is 43.1 Å². The molecule has 6 rings (SSSR count). The highest BCUT2D eigenvalue weighted by Gasteiger charge is 2.48. The van der Waals surface area contributed by atoms with Gasteiger partial charge in [-0.1, -0.05) is 13.8 Å². The van der Waals surface area contributed by atoms with Crippen LogP contribution in [0.2, 0.25) is 0 Å². The number of rotatable bonds is 5. The van der Waals surface area contributed by atoms with E-state index in [2.05, 4.69) is 30.8 Å². The zero-order valence-electron chi connectivity index (χ0n) is 21.0. The minimum atomic E-state index is -1.38. The van der Waals surface area contributed by atoms with Gasteiger partial charge >= 0.3 is 0 Å². The normalized spacial score (nSPS) is 19.4. The number of hydrogen-bond donors (Lipinski definition) is 0. The molecule has 0 radical (unpaired) electrons. The Labute approximate surface area is 206 Å². The molecule has 0 N–H and O–H groups in total. The van der Waals surface area contributed by atoms with E-state index in [1.54, 1.807) is 13.3 Å². The van der Waals surface area contributed by atoms with E-state index in [0.717, 1.165) is 73.0 Å². The lowest BCUT2D eigenvalue weighted by Gasteiger charge is -2.34. The topological polar surface area (TPSA) is 67.3 Å². The third-order valence-corrected chi connectivity index (χ3v) is 7.27. The van der Waals surface area contributed by atoms with E-state index in [0.29, 0.717) is 24.6 Å². The van der Waals surface area contributed by atoms with Gasteiger partial charge in [0.05, 0.1) is 24.5 Å². The molecule has 1 saturated carbocycles. The summed E-state index contributed by atoms with van der Waals surface area (Å²) in [6.45, 7) is 7.71. The summed E-state index contributed by atoms with van der Waals surface area (Å²) in [6.07, 6.45) is 8.90. The van der Waals surface area contributed by atoms with Crippen LogP contribution in [-0.4, -0.2) is 53.2 Å². The number of ether oxygens (including phenoxy) is 1. The second kappa shape index (κ2) is 9.91. The molecule has 35 heavy (non-hydrogen) atoms. The summed E-state index contributed by atoms with van der Waals surface area (Å²) < 4.78 is 20.5. The minimum Gasteiger partial charge on any atom is -0.495 e. The summed E-state index contributed by atoms with van der Waals surface area (Å²) in [5.41, 5.74) is 0.375. The summed E-state index contributed by atoms with van der Waals surface area (Å²) in [7, 11) is 1.70. The first-order valence-corrected chi connectivity index (χ1v) is 13.0. The molecule has 8 heteroatoms. The van der Waals surface area contributed by atoms with Crippen molar-refractivity contribution in [2.24, 2.45) is 0 Å². The molecule has 3 aromatic heterocycles. The van der Waals surface area contributed by atoms with Crippen molar-refractivity contribution in [1.82, 2.24) is 19.9 Å². The molecule has 3 aliphatic rings. The zero-order valence-corrected chi connectivity index (χ0v) is 21.0. The zero-order chi connectivity index (χ0) is 24.4. The summed E-state index contributed by atoms with van der Waals surface area (Å²) in [6, 6.07) is 5.98. The van der Waals surface area contributed by atoms with Crippen LogP contribution in [0.15, 0.2) is 30.6 Å². The Morgan fingerprint density at radius 2 is 1.74 bits per heavy atom. The molecule has 186 valence electrons. The Morgan fingerprint density at radius 1 is 1.00 bits per heavy atom. The molecule has 2 saturated heterocycles. The van der Waals surface area contributed by atoms with Crippen LogP contribution in [0.5, 0.6) is 5.75 Å². The second-order valence-electron chi connectivity index (χ2n) is 9.44. The third kappa shape index (κ3) is 4.62. The monoisotopic (exact) mass is 478 g/mol. The van der Waals surface area contributed by atoms with E-state index in [1.165, 1.54) is 12.8 Å². The molecular weight excluding hydrogens is 443 g/mol. The Bertz CT molecular complexity index is 1170. The molecular formula is C27H35FN6O. The van der Waals surface area contributed by atoms with Crippen LogP contribution in [0.25, 0.3) is 10.9 Å². The first-order chi connectivity index (χ1) is 17.1. The molecule has 0 unspecified atom stereocenters. The van der Waals surface area contributed by atoms with Crippen molar-refractivity contribution in [1.29, 1.82) is 0 Å². The van der Waals surface area contributed by atoms with Crippen molar-refractivity contribution in [3.05, 3.63) is 42.1 Å². The fourth-order valence-corrected chi connectivity index (χ4v) is 5.15. The smallest absolute Gasteiger partial charge is 0.170 e. The SMILES string of the molecule is CC.COc1cccnc1C1CCN(c2nc(C3(F)CC3)nc3cnc(N4CCCC4)cc23)CC1. The maximum absolute atomic E-state index is 15.0. The van der Waals surface area contributed by atoms with Crippen molar-refractivity contribution in [3.63, 3.8) is 0 Å². The Hall–Kier alpha value is -3.03. The summed E-state index contributed by atoms with van der Waals surface area (Å²) in [4.78, 5) is 23.3. The molecule has 3 fully saturated rings. The van der Waals surface area contributed by atoms with Gasteiger partial charge in [0, 0.05) is 43.7 Å². The number of halogens is 1. The van der Waals surface area contributed by atoms with Gasteiger partial charge in [-0.15, -0.1) is 0 Å². The Kier molecular flexibility index (Phi) is 6.71. The van der Waals surface area contributed by atoms with Crippen molar-refractivity contribution < 1.29 is 9.13 Å². The van der Waals surface area contributed by atoms with Crippen LogP contribution in [0.3, 0.4) is 0 Å². The number of anilines is 2. The quantitative estimate of drug-likeness (QED) is 0.486. The molecule has 0 bridgehead atoms. The molecule has 0 aromatic carbocycles. The molecule has 0 atom stereocenters. The van der Waals surface area contributed by atoms with Crippen molar-refractivity contribution >= 4 is 22.5 Å². The fourth-order valence-electron chi connectivity index (χ4n) is 5.15. The van der Waals surface area contributed by atoms with Crippen LogP contribution in [0.1, 0.15) is 69.8 Å². The van der Waals surface area contributed by atoms with Gasteiger partial charge < -0.3 is 14.5 Å². The number of aromatic nitrogens is 4. The Balaban J connectivity index is 0.00000124. The lowest BCUT2D eigenvalue weighted by atomic mass is 9.92. The lowest BCUT2D eigenvalue weighted by Crippen LogP contribution is -2.34. The molecule has 2 aliphatic heterocycles. The molecule has 0 spiro atoms. The third-order valence-electron chi connectivity index (χ3n) is 7.27. The highest BCUT2D eigenvalue weighted by atomic mass is 19.1. The van der Waals surface area contributed by atoms with E-state index >= 15 is 4.39 Å². The number of nitrogens with zero attached hydrogens (tertiary/aromatic N) is 6. The minimum absolute atomic E-state index is 0.314. The van der Waals surface area contributed by atoms with E-state index in [9.17, 15) is 0 Å². The van der Waals surface area contributed by atoms with Gasteiger partial charge in [0.25, 0.3) is 0 Å². The average molecular weight is 479 g/mol. The van der Waals surface area contributed by atoms with Crippen molar-refractivity contribution in [3.8, 4) is 5.75 Å². The average Bonchev–Trinajstić information content (AvgIpc) is 3.44. The number of piperidine rings is 1. The van der Waals surface area contributed by atoms with Gasteiger partial charge in [-0.2, -0.15) is 0 Å². The summed E-state index contributed by atoms with van der Waals surface area (Å²) in [5.74, 6) is 3.30. The maximum atomic E-state index is 15.0. The van der Waals surface area contributed by atoms with E-state index in [4.69, 9.17) is 9.72 Å². The highest BCUT2D eigenvalue weighted by Crippen LogP contribution is 2.49. The number of fused-ring (bicyclic) bond motifs is 1. The van der Waals surface area contributed by atoms with E-state index < -0.39 is 5.67 Å².